The lowest BCUT2D eigenvalue weighted by atomic mass is 10.2. The second-order valence-corrected chi connectivity index (χ2v) is 4.31. The number of anilines is 1. The average Bonchev–Trinajstić information content (AvgIpc) is 2.49. The predicted molar refractivity (Wildman–Crippen MR) is 81.1 cm³/mol. The first-order valence-electron chi connectivity index (χ1n) is 6.25. The molecule has 4 nitrogen and oxygen atoms in total. The number of hydrogen-bond acceptors (Lipinski definition) is 4. The van der Waals surface area contributed by atoms with Crippen LogP contribution in [0.4, 0.5) is 5.82 Å². The van der Waals surface area contributed by atoms with Crippen molar-refractivity contribution < 1.29 is 5.11 Å². The molecular weight excluding hydrogens is 250 g/mol. The van der Waals surface area contributed by atoms with Crippen molar-refractivity contribution >= 4 is 22.8 Å². The quantitative estimate of drug-likeness (QED) is 0.562. The molecule has 3 aromatic rings. The highest BCUT2D eigenvalue weighted by molar-refractivity contribution is 5.92. The van der Waals surface area contributed by atoms with Gasteiger partial charge in [0.25, 0.3) is 0 Å². The number of hydrazone groups is 1. The minimum Gasteiger partial charge on any atom is -0.507 e. The Morgan fingerprint density at radius 3 is 2.70 bits per heavy atom. The predicted octanol–water partition coefficient (Wildman–Crippen LogP) is 3.39. The van der Waals surface area contributed by atoms with Crippen LogP contribution in [0.3, 0.4) is 0 Å². The first-order valence-corrected chi connectivity index (χ1v) is 6.25. The molecule has 0 spiro atoms. The number of nitrogens with zero attached hydrogens (tertiary/aromatic N) is 2. The summed E-state index contributed by atoms with van der Waals surface area (Å²) in [6.45, 7) is 0. The van der Waals surface area contributed by atoms with Crippen LogP contribution >= 0.6 is 0 Å². The molecule has 98 valence electrons. The molecule has 0 aliphatic carbocycles. The van der Waals surface area contributed by atoms with Crippen molar-refractivity contribution in [2.75, 3.05) is 5.43 Å². The van der Waals surface area contributed by atoms with E-state index in [1.807, 2.05) is 36.4 Å². The smallest absolute Gasteiger partial charge is 0.154 e. The number of nitrogens with one attached hydrogen (secondary N) is 1. The van der Waals surface area contributed by atoms with Gasteiger partial charge in [-0.1, -0.05) is 36.4 Å². The number of rotatable bonds is 3. The maximum Gasteiger partial charge on any atom is 0.154 e. The van der Waals surface area contributed by atoms with Crippen LogP contribution in [-0.4, -0.2) is 16.3 Å². The lowest BCUT2D eigenvalue weighted by Gasteiger charge is -2.04. The van der Waals surface area contributed by atoms with Crippen molar-refractivity contribution in [3.05, 3.63) is 66.4 Å². The highest BCUT2D eigenvalue weighted by Crippen LogP contribution is 2.20. The highest BCUT2D eigenvalue weighted by Gasteiger charge is 2.00. The Morgan fingerprint density at radius 1 is 1.00 bits per heavy atom. The van der Waals surface area contributed by atoms with Crippen LogP contribution in [0.15, 0.2) is 65.9 Å². The molecule has 0 bridgehead atoms. The summed E-state index contributed by atoms with van der Waals surface area (Å²) in [6.07, 6.45) is 3.30. The Labute approximate surface area is 116 Å². The van der Waals surface area contributed by atoms with Crippen LogP contribution in [0.2, 0.25) is 0 Å². The van der Waals surface area contributed by atoms with Crippen molar-refractivity contribution in [2.45, 2.75) is 0 Å². The van der Waals surface area contributed by atoms with E-state index in [1.54, 1.807) is 30.6 Å². The minimum atomic E-state index is 0.198. The molecule has 0 saturated heterocycles. The van der Waals surface area contributed by atoms with E-state index in [0.717, 1.165) is 10.8 Å². The zero-order valence-corrected chi connectivity index (χ0v) is 10.7. The van der Waals surface area contributed by atoms with E-state index >= 15 is 0 Å². The third kappa shape index (κ3) is 2.44. The van der Waals surface area contributed by atoms with Gasteiger partial charge in [0.2, 0.25) is 0 Å². The van der Waals surface area contributed by atoms with Gasteiger partial charge >= 0.3 is 0 Å². The lowest BCUT2D eigenvalue weighted by molar-refractivity contribution is 0.474. The van der Waals surface area contributed by atoms with Crippen LogP contribution < -0.4 is 5.43 Å². The third-order valence-corrected chi connectivity index (χ3v) is 2.98. The minimum absolute atomic E-state index is 0.198. The topological polar surface area (TPSA) is 57.5 Å². The first kappa shape index (κ1) is 12.2. The van der Waals surface area contributed by atoms with Crippen molar-refractivity contribution in [3.8, 4) is 5.75 Å². The molecule has 0 amide bonds. The molecule has 2 N–H and O–H groups in total. The fraction of sp³-hybridized carbons (Fsp3) is 0. The van der Waals surface area contributed by atoms with Crippen molar-refractivity contribution in [1.29, 1.82) is 0 Å². The summed E-state index contributed by atoms with van der Waals surface area (Å²) >= 11 is 0. The van der Waals surface area contributed by atoms with Crippen LogP contribution in [0, 0.1) is 0 Å². The van der Waals surface area contributed by atoms with Gasteiger partial charge < -0.3 is 5.11 Å². The van der Waals surface area contributed by atoms with Gasteiger partial charge in [-0.2, -0.15) is 5.10 Å². The fourth-order valence-electron chi connectivity index (χ4n) is 1.97. The Hall–Kier alpha value is -2.88. The van der Waals surface area contributed by atoms with Crippen molar-refractivity contribution in [1.82, 2.24) is 4.98 Å². The molecule has 0 aliphatic heterocycles. The van der Waals surface area contributed by atoms with E-state index in [1.165, 1.54) is 0 Å². The number of fused-ring (bicyclic) bond motifs is 1. The van der Waals surface area contributed by atoms with Gasteiger partial charge in [0.15, 0.2) is 5.82 Å². The summed E-state index contributed by atoms with van der Waals surface area (Å²) in [4.78, 5) is 4.27. The molecule has 20 heavy (non-hydrogen) atoms. The van der Waals surface area contributed by atoms with Gasteiger partial charge in [0.1, 0.15) is 5.75 Å². The zero-order valence-electron chi connectivity index (χ0n) is 10.7. The monoisotopic (exact) mass is 263 g/mol. The van der Waals surface area contributed by atoms with Gasteiger partial charge in [0, 0.05) is 17.1 Å². The summed E-state index contributed by atoms with van der Waals surface area (Å²) in [6, 6.07) is 16.9. The molecule has 0 fully saturated rings. The maximum atomic E-state index is 9.64. The second-order valence-electron chi connectivity index (χ2n) is 4.31. The molecule has 0 radical (unpaired) electrons. The number of phenolic OH excluding ortho intramolecular Hbond substituents is 1. The summed E-state index contributed by atoms with van der Waals surface area (Å²) < 4.78 is 0. The van der Waals surface area contributed by atoms with E-state index in [-0.39, 0.29) is 5.75 Å². The Bertz CT molecular complexity index is 763. The number of phenols is 1. The number of aromatic hydroxyl groups is 1. The molecule has 0 unspecified atom stereocenters. The molecular formula is C16H13N3O. The van der Waals surface area contributed by atoms with Crippen molar-refractivity contribution in [2.24, 2.45) is 5.10 Å². The van der Waals surface area contributed by atoms with E-state index in [9.17, 15) is 5.11 Å². The van der Waals surface area contributed by atoms with Crippen molar-refractivity contribution in [3.63, 3.8) is 0 Å². The number of hydrogen-bond donors (Lipinski definition) is 2. The van der Waals surface area contributed by atoms with E-state index < -0.39 is 0 Å². The Morgan fingerprint density at radius 2 is 1.80 bits per heavy atom. The summed E-state index contributed by atoms with van der Waals surface area (Å²) in [5, 5.41) is 15.9. The summed E-state index contributed by atoms with van der Waals surface area (Å²) in [5.41, 5.74) is 3.56. The maximum absolute atomic E-state index is 9.64. The molecule has 2 aromatic carbocycles. The van der Waals surface area contributed by atoms with Crippen LogP contribution in [0.5, 0.6) is 5.75 Å². The van der Waals surface area contributed by atoms with Crippen LogP contribution in [0.25, 0.3) is 10.8 Å². The van der Waals surface area contributed by atoms with E-state index in [2.05, 4.69) is 15.5 Å². The third-order valence-electron chi connectivity index (χ3n) is 2.98. The molecule has 1 heterocycles. The standard InChI is InChI=1S/C16H13N3O/c20-15-8-4-2-6-13(15)11-18-19-16-14-7-3-1-5-12(14)9-10-17-16/h1-11,20H,(H,17,19). The number of benzene rings is 2. The second kappa shape index (κ2) is 5.40. The Kier molecular flexibility index (Phi) is 3.29. The number of aromatic nitrogens is 1. The number of para-hydroxylation sites is 1. The summed E-state index contributed by atoms with van der Waals surface area (Å²) in [5.74, 6) is 0.888. The van der Waals surface area contributed by atoms with E-state index in [0.29, 0.717) is 11.4 Å². The normalized spacial score (nSPS) is 11.0. The lowest BCUT2D eigenvalue weighted by Crippen LogP contribution is -1.94. The average molecular weight is 263 g/mol. The molecule has 3 rings (SSSR count). The molecule has 1 aromatic heterocycles. The molecule has 4 heteroatoms. The molecule has 0 saturated carbocycles. The SMILES string of the molecule is Oc1ccccc1C=NNc1nccc2ccccc12. The van der Waals surface area contributed by atoms with Gasteiger partial charge in [-0.3, -0.25) is 5.43 Å². The van der Waals surface area contributed by atoms with Gasteiger partial charge in [-0.25, -0.2) is 4.98 Å². The summed E-state index contributed by atoms with van der Waals surface area (Å²) in [7, 11) is 0. The van der Waals surface area contributed by atoms with E-state index in [4.69, 9.17) is 0 Å². The molecule has 0 aliphatic rings. The van der Waals surface area contributed by atoms with Gasteiger partial charge in [-0.05, 0) is 23.6 Å². The number of pyridine rings is 1. The largest absolute Gasteiger partial charge is 0.507 e. The Balaban J connectivity index is 1.86. The molecule has 0 atom stereocenters. The van der Waals surface area contributed by atoms with Gasteiger partial charge in [0.05, 0.1) is 6.21 Å². The first-order chi connectivity index (χ1) is 9.84. The van der Waals surface area contributed by atoms with Gasteiger partial charge in [-0.15, -0.1) is 0 Å². The zero-order chi connectivity index (χ0) is 13.8. The van der Waals surface area contributed by atoms with Crippen LogP contribution in [-0.2, 0) is 0 Å². The highest BCUT2D eigenvalue weighted by atomic mass is 16.3. The van der Waals surface area contributed by atoms with Crippen LogP contribution in [0.1, 0.15) is 5.56 Å². The fourth-order valence-corrected chi connectivity index (χ4v) is 1.97.